The lowest BCUT2D eigenvalue weighted by molar-refractivity contribution is -0.130. The molecule has 0 spiro atoms. The van der Waals surface area contributed by atoms with Crippen molar-refractivity contribution >= 4 is 29.3 Å². The maximum absolute atomic E-state index is 13.2. The Morgan fingerprint density at radius 2 is 1.40 bits per heavy atom. The molecule has 5 rings (SSSR count). The molecule has 3 aromatic carbocycles. The fourth-order valence-electron chi connectivity index (χ4n) is 5.04. The third-order valence-corrected chi connectivity index (χ3v) is 7.27. The number of nitrogens with zero attached hydrogens (tertiary/aromatic N) is 3. The molecular formula is C31H35N5O4. The smallest absolute Gasteiger partial charge is 0.412 e. The molecule has 9 heteroatoms. The first-order valence-corrected chi connectivity index (χ1v) is 13.8. The van der Waals surface area contributed by atoms with Gasteiger partial charge in [-0.1, -0.05) is 60.7 Å². The number of amides is 3. The Bertz CT molecular complexity index is 1300. The molecule has 2 fully saturated rings. The molecule has 0 atom stereocenters. The Morgan fingerprint density at radius 3 is 2.08 bits per heavy atom. The van der Waals surface area contributed by atoms with Crippen LogP contribution < -0.4 is 15.5 Å². The van der Waals surface area contributed by atoms with Gasteiger partial charge in [-0.25, -0.2) is 4.79 Å². The summed E-state index contributed by atoms with van der Waals surface area (Å²) < 4.78 is 5.47. The molecule has 0 bridgehead atoms. The molecule has 0 aromatic heterocycles. The van der Waals surface area contributed by atoms with Crippen molar-refractivity contribution in [1.29, 1.82) is 0 Å². The predicted molar refractivity (Wildman–Crippen MR) is 154 cm³/mol. The molecule has 2 N–H and O–H groups in total. The first-order chi connectivity index (χ1) is 19.6. The van der Waals surface area contributed by atoms with E-state index in [0.717, 1.165) is 29.9 Å². The molecule has 208 valence electrons. The highest BCUT2D eigenvalue weighted by molar-refractivity contribution is 5.98. The van der Waals surface area contributed by atoms with Crippen molar-refractivity contribution in [2.24, 2.45) is 0 Å². The number of benzene rings is 3. The van der Waals surface area contributed by atoms with Gasteiger partial charge in [0.25, 0.3) is 5.91 Å². The summed E-state index contributed by atoms with van der Waals surface area (Å²) in [5.74, 6) is 0.0377. The van der Waals surface area contributed by atoms with Crippen LogP contribution >= 0.6 is 0 Å². The Balaban J connectivity index is 1.28. The molecule has 9 nitrogen and oxygen atoms in total. The van der Waals surface area contributed by atoms with Crippen LogP contribution in [0.5, 0.6) is 0 Å². The first-order valence-electron chi connectivity index (χ1n) is 13.8. The minimum Gasteiger partial charge on any atom is -0.444 e. The van der Waals surface area contributed by atoms with Gasteiger partial charge >= 0.3 is 6.09 Å². The second-order valence-electron chi connectivity index (χ2n) is 9.99. The van der Waals surface area contributed by atoms with Gasteiger partial charge in [0, 0.05) is 57.9 Å². The molecule has 2 heterocycles. The fourth-order valence-corrected chi connectivity index (χ4v) is 5.04. The van der Waals surface area contributed by atoms with Crippen molar-refractivity contribution in [3.63, 3.8) is 0 Å². The van der Waals surface area contributed by atoms with Gasteiger partial charge in [0.15, 0.2) is 0 Å². The molecule has 2 aliphatic heterocycles. The van der Waals surface area contributed by atoms with Crippen LogP contribution in [0.15, 0.2) is 78.9 Å². The van der Waals surface area contributed by atoms with E-state index < -0.39 is 6.09 Å². The zero-order valence-electron chi connectivity index (χ0n) is 22.6. The largest absolute Gasteiger partial charge is 0.444 e. The predicted octanol–water partition coefficient (Wildman–Crippen LogP) is 3.37. The van der Waals surface area contributed by atoms with E-state index in [4.69, 9.17) is 4.74 Å². The molecule has 3 aromatic rings. The Kier molecular flexibility index (Phi) is 8.93. The number of carbonyl (C=O) groups is 3. The number of anilines is 2. The molecule has 3 amide bonds. The monoisotopic (exact) mass is 541 g/mol. The van der Waals surface area contributed by atoms with Gasteiger partial charge < -0.3 is 24.8 Å². The molecule has 0 radical (unpaired) electrons. The van der Waals surface area contributed by atoms with E-state index >= 15 is 0 Å². The van der Waals surface area contributed by atoms with E-state index in [0.29, 0.717) is 56.9 Å². The highest BCUT2D eigenvalue weighted by Gasteiger charge is 2.25. The maximum Gasteiger partial charge on any atom is 0.412 e. The summed E-state index contributed by atoms with van der Waals surface area (Å²) in [4.78, 5) is 44.7. The van der Waals surface area contributed by atoms with E-state index in [1.807, 2.05) is 82.6 Å². The summed E-state index contributed by atoms with van der Waals surface area (Å²) in [6.07, 6.45) is -0.211. The van der Waals surface area contributed by atoms with Crippen molar-refractivity contribution in [2.45, 2.75) is 13.0 Å². The van der Waals surface area contributed by atoms with E-state index in [1.54, 1.807) is 6.07 Å². The minimum absolute atomic E-state index is 0.0647. The van der Waals surface area contributed by atoms with Gasteiger partial charge in [0.2, 0.25) is 5.91 Å². The van der Waals surface area contributed by atoms with E-state index in [-0.39, 0.29) is 18.4 Å². The number of nitrogens with one attached hydrogen (secondary N) is 2. The van der Waals surface area contributed by atoms with Crippen molar-refractivity contribution in [3.05, 3.63) is 95.6 Å². The van der Waals surface area contributed by atoms with Crippen LogP contribution in [-0.2, 0) is 22.6 Å². The molecule has 2 saturated heterocycles. The van der Waals surface area contributed by atoms with Crippen LogP contribution in [0.4, 0.5) is 16.2 Å². The molecule has 40 heavy (non-hydrogen) atoms. The summed E-state index contributed by atoms with van der Waals surface area (Å²) in [5.41, 5.74) is 3.71. The number of ether oxygens (including phenoxy) is 1. The maximum atomic E-state index is 13.2. The average Bonchev–Trinajstić information content (AvgIpc) is 3.01. The topological polar surface area (TPSA) is 94.2 Å². The van der Waals surface area contributed by atoms with Crippen LogP contribution in [-0.4, -0.2) is 80.1 Å². The Morgan fingerprint density at radius 1 is 0.750 bits per heavy atom. The highest BCUT2D eigenvalue weighted by Crippen LogP contribution is 2.29. The zero-order valence-corrected chi connectivity index (χ0v) is 22.6. The summed E-state index contributed by atoms with van der Waals surface area (Å²) >= 11 is 0. The summed E-state index contributed by atoms with van der Waals surface area (Å²) in [5, 5.41) is 6.14. The number of hydrogen-bond donors (Lipinski definition) is 2. The van der Waals surface area contributed by atoms with E-state index in [9.17, 15) is 14.4 Å². The summed E-state index contributed by atoms with van der Waals surface area (Å²) in [7, 11) is 0. The van der Waals surface area contributed by atoms with Gasteiger partial charge in [-0.05, 0) is 29.3 Å². The van der Waals surface area contributed by atoms with Crippen molar-refractivity contribution in [3.8, 4) is 0 Å². The van der Waals surface area contributed by atoms with Crippen LogP contribution in [0, 0.1) is 0 Å². The third kappa shape index (κ3) is 6.98. The van der Waals surface area contributed by atoms with Gasteiger partial charge in [-0.15, -0.1) is 0 Å². The van der Waals surface area contributed by atoms with Crippen LogP contribution in [0.2, 0.25) is 0 Å². The average molecular weight is 542 g/mol. The van der Waals surface area contributed by atoms with Crippen molar-refractivity contribution in [2.75, 3.05) is 62.6 Å². The van der Waals surface area contributed by atoms with Gasteiger partial charge in [0.05, 0.1) is 17.8 Å². The molecule has 0 aliphatic carbocycles. The third-order valence-electron chi connectivity index (χ3n) is 7.27. The lowest BCUT2D eigenvalue weighted by Crippen LogP contribution is -2.49. The van der Waals surface area contributed by atoms with Gasteiger partial charge in [-0.3, -0.25) is 14.9 Å². The fraction of sp³-hybridized carbons (Fsp3) is 0.323. The van der Waals surface area contributed by atoms with E-state index in [1.165, 1.54) is 0 Å². The number of carbonyl (C=O) groups excluding carboxylic acids is 3. The van der Waals surface area contributed by atoms with Crippen LogP contribution in [0.25, 0.3) is 0 Å². The van der Waals surface area contributed by atoms with Crippen LogP contribution in [0.3, 0.4) is 0 Å². The minimum atomic E-state index is -0.589. The Labute approximate surface area is 234 Å². The summed E-state index contributed by atoms with van der Waals surface area (Å²) in [6, 6.07) is 24.7. The Hall–Kier alpha value is -4.37. The molecule has 0 saturated carbocycles. The van der Waals surface area contributed by atoms with Crippen molar-refractivity contribution in [1.82, 2.24) is 15.1 Å². The SMILES string of the molecule is O=C(Nc1cc(C(=O)N2CCNCC2)ccc1N1CCN(C(=O)Cc2ccccc2)CC1)OCc1ccccc1. The number of hydrogen-bond acceptors (Lipinski definition) is 6. The zero-order chi connectivity index (χ0) is 27.7. The lowest BCUT2D eigenvalue weighted by atomic mass is 10.1. The lowest BCUT2D eigenvalue weighted by Gasteiger charge is -2.37. The van der Waals surface area contributed by atoms with Gasteiger partial charge in [0.1, 0.15) is 6.61 Å². The number of rotatable bonds is 7. The summed E-state index contributed by atoms with van der Waals surface area (Å²) in [6.45, 7) is 5.31. The van der Waals surface area contributed by atoms with Crippen molar-refractivity contribution < 1.29 is 19.1 Å². The van der Waals surface area contributed by atoms with E-state index in [2.05, 4.69) is 15.5 Å². The molecule has 2 aliphatic rings. The normalized spacial score (nSPS) is 15.4. The quantitative estimate of drug-likeness (QED) is 0.477. The molecular weight excluding hydrogens is 506 g/mol. The number of piperazine rings is 2. The standard InChI is InChI=1S/C31H35N5O4/c37-29(21-24-7-3-1-4-8-24)35-19-17-34(18-20-35)28-12-11-26(30(38)36-15-13-32-14-16-36)22-27(28)33-31(39)40-23-25-9-5-2-6-10-25/h1-12,22,32H,13-21,23H2,(H,33,39). The second-order valence-corrected chi connectivity index (χ2v) is 9.99. The highest BCUT2D eigenvalue weighted by atomic mass is 16.5. The van der Waals surface area contributed by atoms with Gasteiger partial charge in [-0.2, -0.15) is 0 Å². The molecule has 0 unspecified atom stereocenters. The second kappa shape index (κ2) is 13.1. The van der Waals surface area contributed by atoms with Crippen LogP contribution in [0.1, 0.15) is 21.5 Å². The first kappa shape index (κ1) is 27.2.